The number of halogens is 1. The van der Waals surface area contributed by atoms with Gasteiger partial charge in [-0.05, 0) is 25.1 Å². The molecule has 0 aromatic heterocycles. The van der Waals surface area contributed by atoms with Gasteiger partial charge in [-0.1, -0.05) is 11.6 Å². The monoisotopic (exact) mass is 266 g/mol. The summed E-state index contributed by atoms with van der Waals surface area (Å²) in [6.07, 6.45) is 0.283. The van der Waals surface area contributed by atoms with Crippen LogP contribution in [0.15, 0.2) is 18.2 Å². The molecule has 1 amide bonds. The highest BCUT2D eigenvalue weighted by molar-refractivity contribution is 6.31. The number of benzene rings is 1. The van der Waals surface area contributed by atoms with Crippen molar-refractivity contribution in [2.24, 2.45) is 0 Å². The van der Waals surface area contributed by atoms with Gasteiger partial charge in [0.2, 0.25) is 0 Å². The summed E-state index contributed by atoms with van der Waals surface area (Å²) in [7, 11) is 3.16. The molecule has 0 aliphatic carbocycles. The number of carbonyl (C=O) groups is 1. The second-order valence-electron chi connectivity index (χ2n) is 3.97. The van der Waals surface area contributed by atoms with Crippen LogP contribution in [0.4, 0.5) is 0 Å². The standard InChI is InChI=1S/C13H15ClN2O2/c1-9(6-7-15)16(2)13(17)11-8-10(14)4-5-12(11)18-3/h4-5,8-9H,6H2,1-3H3. The minimum Gasteiger partial charge on any atom is -0.496 e. The van der Waals surface area contributed by atoms with Crippen molar-refractivity contribution in [3.63, 3.8) is 0 Å². The van der Waals surface area contributed by atoms with E-state index in [0.717, 1.165) is 0 Å². The molecule has 96 valence electrons. The van der Waals surface area contributed by atoms with E-state index in [1.807, 2.05) is 13.0 Å². The third-order valence-electron chi connectivity index (χ3n) is 2.76. The number of nitriles is 1. The minimum absolute atomic E-state index is 0.161. The molecular formula is C13H15ClN2O2. The fourth-order valence-electron chi connectivity index (χ4n) is 1.51. The Balaban J connectivity index is 3.03. The fourth-order valence-corrected chi connectivity index (χ4v) is 1.68. The molecule has 0 fully saturated rings. The van der Waals surface area contributed by atoms with E-state index in [-0.39, 0.29) is 18.4 Å². The lowest BCUT2D eigenvalue weighted by atomic mass is 10.1. The van der Waals surface area contributed by atoms with Crippen molar-refractivity contribution >= 4 is 17.5 Å². The lowest BCUT2D eigenvalue weighted by Gasteiger charge is -2.23. The molecule has 18 heavy (non-hydrogen) atoms. The molecule has 0 saturated heterocycles. The number of methoxy groups -OCH3 is 1. The Morgan fingerprint density at radius 2 is 2.28 bits per heavy atom. The summed E-state index contributed by atoms with van der Waals surface area (Å²) in [4.78, 5) is 13.8. The van der Waals surface area contributed by atoms with Gasteiger partial charge in [-0.3, -0.25) is 4.79 Å². The maximum atomic E-state index is 12.3. The number of hydrogen-bond acceptors (Lipinski definition) is 3. The Morgan fingerprint density at radius 3 is 2.83 bits per heavy atom. The van der Waals surface area contributed by atoms with E-state index >= 15 is 0 Å². The smallest absolute Gasteiger partial charge is 0.257 e. The first-order valence-electron chi connectivity index (χ1n) is 5.49. The normalized spacial score (nSPS) is 11.5. The van der Waals surface area contributed by atoms with Gasteiger partial charge >= 0.3 is 0 Å². The summed E-state index contributed by atoms with van der Waals surface area (Å²) in [5, 5.41) is 9.12. The molecule has 1 atom stereocenters. The van der Waals surface area contributed by atoms with Crippen molar-refractivity contribution in [2.75, 3.05) is 14.2 Å². The zero-order chi connectivity index (χ0) is 13.7. The van der Waals surface area contributed by atoms with Gasteiger partial charge in [0.1, 0.15) is 5.75 Å². The van der Waals surface area contributed by atoms with Crippen molar-refractivity contribution in [3.05, 3.63) is 28.8 Å². The van der Waals surface area contributed by atoms with Gasteiger partial charge in [0.25, 0.3) is 5.91 Å². The zero-order valence-corrected chi connectivity index (χ0v) is 11.4. The molecule has 0 spiro atoms. The first-order chi connectivity index (χ1) is 8.51. The van der Waals surface area contributed by atoms with E-state index in [9.17, 15) is 4.79 Å². The van der Waals surface area contributed by atoms with E-state index in [1.165, 1.54) is 12.0 Å². The molecule has 0 bridgehead atoms. The van der Waals surface area contributed by atoms with Crippen LogP contribution in [0.3, 0.4) is 0 Å². The lowest BCUT2D eigenvalue weighted by molar-refractivity contribution is 0.0743. The van der Waals surface area contributed by atoms with Gasteiger partial charge in [-0.25, -0.2) is 0 Å². The van der Waals surface area contributed by atoms with Crippen LogP contribution in [0, 0.1) is 11.3 Å². The Bertz CT molecular complexity index is 482. The molecule has 0 aliphatic heterocycles. The summed E-state index contributed by atoms with van der Waals surface area (Å²) in [5.41, 5.74) is 0.400. The Labute approximate surface area is 112 Å². The highest BCUT2D eigenvalue weighted by Gasteiger charge is 2.20. The Hall–Kier alpha value is -1.73. The van der Waals surface area contributed by atoms with E-state index in [2.05, 4.69) is 0 Å². The lowest BCUT2D eigenvalue weighted by Crippen LogP contribution is -2.35. The van der Waals surface area contributed by atoms with Crippen molar-refractivity contribution < 1.29 is 9.53 Å². The second kappa shape index (κ2) is 6.27. The molecule has 0 aliphatic rings. The third kappa shape index (κ3) is 3.14. The number of nitrogens with zero attached hydrogens (tertiary/aromatic N) is 2. The molecule has 1 rings (SSSR count). The number of ether oxygens (including phenoxy) is 1. The first-order valence-corrected chi connectivity index (χ1v) is 5.86. The van der Waals surface area contributed by atoms with Crippen LogP contribution >= 0.6 is 11.6 Å². The van der Waals surface area contributed by atoms with Crippen LogP contribution in [0.25, 0.3) is 0 Å². The second-order valence-corrected chi connectivity index (χ2v) is 4.41. The average Bonchev–Trinajstić information content (AvgIpc) is 2.37. The molecule has 0 heterocycles. The predicted octanol–water partition coefficient (Wildman–Crippen LogP) is 2.72. The van der Waals surface area contributed by atoms with Gasteiger partial charge < -0.3 is 9.64 Å². The van der Waals surface area contributed by atoms with Crippen LogP contribution in [0.1, 0.15) is 23.7 Å². The highest BCUT2D eigenvalue weighted by atomic mass is 35.5. The van der Waals surface area contributed by atoms with E-state index < -0.39 is 0 Å². The maximum Gasteiger partial charge on any atom is 0.257 e. The first kappa shape index (κ1) is 14.3. The molecule has 0 saturated carbocycles. The van der Waals surface area contributed by atoms with E-state index in [1.54, 1.807) is 25.2 Å². The van der Waals surface area contributed by atoms with Crippen molar-refractivity contribution in [3.8, 4) is 11.8 Å². The number of rotatable bonds is 4. The summed E-state index contributed by atoms with van der Waals surface area (Å²) in [5.74, 6) is 0.262. The van der Waals surface area contributed by atoms with Crippen molar-refractivity contribution in [1.82, 2.24) is 4.90 Å². The Kier molecular flexibility index (Phi) is 4.99. The zero-order valence-electron chi connectivity index (χ0n) is 10.6. The van der Waals surface area contributed by atoms with Crippen LogP contribution in [0.2, 0.25) is 5.02 Å². The Morgan fingerprint density at radius 1 is 1.61 bits per heavy atom. The van der Waals surface area contributed by atoms with Crippen molar-refractivity contribution in [1.29, 1.82) is 5.26 Å². The highest BCUT2D eigenvalue weighted by Crippen LogP contribution is 2.24. The van der Waals surface area contributed by atoms with Crippen LogP contribution < -0.4 is 4.74 Å². The van der Waals surface area contributed by atoms with Crippen LogP contribution in [-0.2, 0) is 0 Å². The van der Waals surface area contributed by atoms with Gasteiger partial charge in [-0.2, -0.15) is 5.26 Å². The van der Waals surface area contributed by atoms with Gasteiger partial charge in [0, 0.05) is 18.1 Å². The SMILES string of the molecule is COc1ccc(Cl)cc1C(=O)N(C)C(C)CC#N. The maximum absolute atomic E-state index is 12.3. The summed E-state index contributed by atoms with van der Waals surface area (Å²) < 4.78 is 5.14. The fraction of sp³-hybridized carbons (Fsp3) is 0.385. The van der Waals surface area contributed by atoms with Crippen LogP contribution in [-0.4, -0.2) is 31.0 Å². The van der Waals surface area contributed by atoms with Gasteiger partial charge in [0.05, 0.1) is 25.2 Å². The average molecular weight is 267 g/mol. The molecule has 1 unspecified atom stereocenters. The predicted molar refractivity (Wildman–Crippen MR) is 69.8 cm³/mol. The molecule has 0 N–H and O–H groups in total. The van der Waals surface area contributed by atoms with E-state index in [0.29, 0.717) is 16.3 Å². The summed E-state index contributed by atoms with van der Waals surface area (Å²) in [6.45, 7) is 1.82. The molecule has 0 radical (unpaired) electrons. The molecular weight excluding hydrogens is 252 g/mol. The largest absolute Gasteiger partial charge is 0.496 e. The molecule has 5 heteroatoms. The molecule has 1 aromatic carbocycles. The van der Waals surface area contributed by atoms with Gasteiger partial charge in [-0.15, -0.1) is 0 Å². The number of hydrogen-bond donors (Lipinski definition) is 0. The van der Waals surface area contributed by atoms with E-state index in [4.69, 9.17) is 21.6 Å². The topological polar surface area (TPSA) is 53.3 Å². The third-order valence-corrected chi connectivity index (χ3v) is 3.00. The molecule has 1 aromatic rings. The minimum atomic E-state index is -0.211. The summed E-state index contributed by atoms with van der Waals surface area (Å²) in [6, 6.07) is 6.76. The van der Waals surface area contributed by atoms with Crippen LogP contribution in [0.5, 0.6) is 5.75 Å². The van der Waals surface area contributed by atoms with Crippen molar-refractivity contribution in [2.45, 2.75) is 19.4 Å². The number of carbonyl (C=O) groups excluding carboxylic acids is 1. The quantitative estimate of drug-likeness (QED) is 0.842. The summed E-state index contributed by atoms with van der Waals surface area (Å²) >= 11 is 5.88. The molecule has 4 nitrogen and oxygen atoms in total. The number of amides is 1. The van der Waals surface area contributed by atoms with Gasteiger partial charge in [0.15, 0.2) is 0 Å².